The van der Waals surface area contributed by atoms with Gasteiger partial charge in [0, 0.05) is 18.6 Å². The van der Waals surface area contributed by atoms with E-state index in [1.165, 1.54) is 0 Å². The Labute approximate surface area is 129 Å². The number of pyridine rings is 1. The van der Waals surface area contributed by atoms with Crippen molar-refractivity contribution in [1.29, 1.82) is 0 Å². The highest BCUT2D eigenvalue weighted by atomic mass is 35.5. The standard InChI is InChI=1S/C15H17Cl2N3/c1-10(11-4-3-5-12(16)8-11)20(2)15-7-6-13(17)14(9-18)19-15/h3-8,10H,9,18H2,1-2H3. The van der Waals surface area contributed by atoms with E-state index >= 15 is 0 Å². The van der Waals surface area contributed by atoms with Crippen molar-refractivity contribution in [3.63, 3.8) is 0 Å². The van der Waals surface area contributed by atoms with Gasteiger partial charge in [0.2, 0.25) is 0 Å². The van der Waals surface area contributed by atoms with E-state index < -0.39 is 0 Å². The third-order valence-corrected chi connectivity index (χ3v) is 3.95. The van der Waals surface area contributed by atoms with Crippen molar-refractivity contribution >= 4 is 29.0 Å². The number of anilines is 1. The molecule has 0 aliphatic heterocycles. The first-order chi connectivity index (χ1) is 9.52. The third kappa shape index (κ3) is 3.23. The number of nitrogens with two attached hydrogens (primary N) is 1. The zero-order valence-corrected chi connectivity index (χ0v) is 13.0. The van der Waals surface area contributed by atoms with E-state index in [1.807, 2.05) is 43.4 Å². The van der Waals surface area contributed by atoms with Crippen molar-refractivity contribution in [3.05, 3.63) is 57.7 Å². The topological polar surface area (TPSA) is 42.1 Å². The van der Waals surface area contributed by atoms with E-state index in [9.17, 15) is 0 Å². The van der Waals surface area contributed by atoms with Gasteiger partial charge in [0.15, 0.2) is 0 Å². The molecule has 1 aromatic carbocycles. The highest BCUT2D eigenvalue weighted by Gasteiger charge is 2.14. The predicted octanol–water partition coefficient (Wildman–Crippen LogP) is 4.04. The van der Waals surface area contributed by atoms with E-state index in [4.69, 9.17) is 28.9 Å². The average molecular weight is 310 g/mol. The van der Waals surface area contributed by atoms with Crippen LogP contribution in [0.5, 0.6) is 0 Å². The maximum Gasteiger partial charge on any atom is 0.129 e. The molecule has 0 fully saturated rings. The van der Waals surface area contributed by atoms with Crippen LogP contribution in [-0.2, 0) is 6.54 Å². The molecule has 0 bridgehead atoms. The Bertz CT molecular complexity index is 601. The summed E-state index contributed by atoms with van der Waals surface area (Å²) in [5, 5.41) is 1.33. The first-order valence-electron chi connectivity index (χ1n) is 6.36. The Morgan fingerprint density at radius 2 is 2.00 bits per heavy atom. The van der Waals surface area contributed by atoms with Crippen molar-refractivity contribution in [3.8, 4) is 0 Å². The van der Waals surface area contributed by atoms with Crippen LogP contribution in [0.2, 0.25) is 10.0 Å². The summed E-state index contributed by atoms with van der Waals surface area (Å²) < 4.78 is 0. The zero-order valence-electron chi connectivity index (χ0n) is 11.5. The summed E-state index contributed by atoms with van der Waals surface area (Å²) in [7, 11) is 1.99. The number of hydrogen-bond acceptors (Lipinski definition) is 3. The van der Waals surface area contributed by atoms with Gasteiger partial charge in [-0.1, -0.05) is 35.3 Å². The quantitative estimate of drug-likeness (QED) is 0.926. The SMILES string of the molecule is CC(c1cccc(Cl)c1)N(C)c1ccc(Cl)c(CN)n1. The highest BCUT2D eigenvalue weighted by Crippen LogP contribution is 2.27. The van der Waals surface area contributed by atoms with Gasteiger partial charge < -0.3 is 10.6 Å². The molecule has 0 radical (unpaired) electrons. The Hall–Kier alpha value is -1.29. The molecule has 1 atom stereocenters. The summed E-state index contributed by atoms with van der Waals surface area (Å²) in [6.07, 6.45) is 0. The summed E-state index contributed by atoms with van der Waals surface area (Å²) in [4.78, 5) is 6.57. The molecular weight excluding hydrogens is 293 g/mol. The van der Waals surface area contributed by atoms with Crippen LogP contribution >= 0.6 is 23.2 Å². The van der Waals surface area contributed by atoms with Gasteiger partial charge in [-0.3, -0.25) is 0 Å². The number of benzene rings is 1. The summed E-state index contributed by atoms with van der Waals surface area (Å²) in [5.41, 5.74) is 7.48. The van der Waals surface area contributed by atoms with Crippen LogP contribution in [-0.4, -0.2) is 12.0 Å². The maximum absolute atomic E-state index is 6.04. The monoisotopic (exact) mass is 309 g/mol. The fourth-order valence-corrected chi connectivity index (χ4v) is 2.38. The molecule has 3 nitrogen and oxygen atoms in total. The highest BCUT2D eigenvalue weighted by molar-refractivity contribution is 6.31. The normalized spacial score (nSPS) is 12.2. The molecule has 2 rings (SSSR count). The molecule has 20 heavy (non-hydrogen) atoms. The van der Waals surface area contributed by atoms with Gasteiger partial charge in [-0.05, 0) is 36.8 Å². The first-order valence-corrected chi connectivity index (χ1v) is 7.12. The fourth-order valence-electron chi connectivity index (χ4n) is 2.00. The lowest BCUT2D eigenvalue weighted by Gasteiger charge is -2.27. The molecule has 0 saturated heterocycles. The number of halogens is 2. The minimum Gasteiger partial charge on any atom is -0.353 e. The summed E-state index contributed by atoms with van der Waals surface area (Å²) in [5.74, 6) is 0.835. The maximum atomic E-state index is 6.04. The number of nitrogens with zero attached hydrogens (tertiary/aromatic N) is 2. The second kappa shape index (κ2) is 6.44. The summed E-state index contributed by atoms with van der Waals surface area (Å²) in [6, 6.07) is 11.7. The molecule has 2 N–H and O–H groups in total. The van der Waals surface area contributed by atoms with Gasteiger partial charge in [0.05, 0.1) is 16.8 Å². The molecule has 1 aromatic heterocycles. The summed E-state index contributed by atoms with van der Waals surface area (Å²) >= 11 is 12.1. The van der Waals surface area contributed by atoms with Gasteiger partial charge in [-0.15, -0.1) is 0 Å². The Morgan fingerprint density at radius 3 is 2.65 bits per heavy atom. The zero-order chi connectivity index (χ0) is 14.7. The molecule has 0 saturated carbocycles. The number of aromatic nitrogens is 1. The first kappa shape index (κ1) is 15.1. The van der Waals surface area contributed by atoms with Crippen molar-refractivity contribution in [2.24, 2.45) is 5.73 Å². The van der Waals surface area contributed by atoms with E-state index in [0.717, 1.165) is 16.4 Å². The minimum atomic E-state index is 0.146. The molecule has 106 valence electrons. The smallest absolute Gasteiger partial charge is 0.129 e. The number of rotatable bonds is 4. The molecule has 5 heteroatoms. The van der Waals surface area contributed by atoms with Crippen LogP contribution in [0.4, 0.5) is 5.82 Å². The third-order valence-electron chi connectivity index (χ3n) is 3.37. The van der Waals surface area contributed by atoms with Crippen LogP contribution in [0, 0.1) is 0 Å². The van der Waals surface area contributed by atoms with Crippen molar-refractivity contribution in [2.75, 3.05) is 11.9 Å². The van der Waals surface area contributed by atoms with Gasteiger partial charge in [-0.2, -0.15) is 0 Å². The number of hydrogen-bond donors (Lipinski definition) is 1. The van der Waals surface area contributed by atoms with Gasteiger partial charge in [0.25, 0.3) is 0 Å². The van der Waals surface area contributed by atoms with Crippen LogP contribution in [0.1, 0.15) is 24.2 Å². The van der Waals surface area contributed by atoms with Crippen LogP contribution in [0.3, 0.4) is 0 Å². The van der Waals surface area contributed by atoms with Crippen molar-refractivity contribution in [2.45, 2.75) is 19.5 Å². The lowest BCUT2D eigenvalue weighted by atomic mass is 10.1. The van der Waals surface area contributed by atoms with E-state index in [-0.39, 0.29) is 6.04 Å². The van der Waals surface area contributed by atoms with Gasteiger partial charge in [-0.25, -0.2) is 4.98 Å². The molecule has 1 unspecified atom stereocenters. The minimum absolute atomic E-state index is 0.146. The average Bonchev–Trinajstić information content (AvgIpc) is 2.46. The Morgan fingerprint density at radius 1 is 1.25 bits per heavy atom. The van der Waals surface area contributed by atoms with Gasteiger partial charge >= 0.3 is 0 Å². The molecule has 0 aliphatic carbocycles. The van der Waals surface area contributed by atoms with Crippen molar-refractivity contribution < 1.29 is 0 Å². The van der Waals surface area contributed by atoms with Crippen molar-refractivity contribution in [1.82, 2.24) is 4.98 Å². The van der Waals surface area contributed by atoms with Crippen LogP contribution in [0.25, 0.3) is 0 Å². The second-order valence-electron chi connectivity index (χ2n) is 4.64. The van der Waals surface area contributed by atoms with E-state index in [0.29, 0.717) is 17.3 Å². The Kier molecular flexibility index (Phi) is 4.86. The second-order valence-corrected chi connectivity index (χ2v) is 5.49. The van der Waals surface area contributed by atoms with E-state index in [1.54, 1.807) is 0 Å². The summed E-state index contributed by atoms with van der Waals surface area (Å²) in [6.45, 7) is 2.43. The largest absolute Gasteiger partial charge is 0.353 e. The molecular formula is C15H17Cl2N3. The van der Waals surface area contributed by atoms with Crippen LogP contribution in [0.15, 0.2) is 36.4 Å². The Balaban J connectivity index is 2.28. The lowest BCUT2D eigenvalue weighted by molar-refractivity contribution is 0.725. The molecule has 0 amide bonds. The molecule has 0 spiro atoms. The molecule has 1 heterocycles. The fraction of sp³-hybridized carbons (Fsp3) is 0.267. The van der Waals surface area contributed by atoms with Gasteiger partial charge in [0.1, 0.15) is 5.82 Å². The predicted molar refractivity (Wildman–Crippen MR) is 85.4 cm³/mol. The lowest BCUT2D eigenvalue weighted by Crippen LogP contribution is -2.23. The van der Waals surface area contributed by atoms with E-state index in [2.05, 4.69) is 16.8 Å². The van der Waals surface area contributed by atoms with Crippen LogP contribution < -0.4 is 10.6 Å². The molecule has 0 aliphatic rings. The molecule has 2 aromatic rings.